The van der Waals surface area contributed by atoms with Gasteiger partial charge in [-0.05, 0) is 35.2 Å². The van der Waals surface area contributed by atoms with Crippen LogP contribution in [0.1, 0.15) is 37.4 Å². The van der Waals surface area contributed by atoms with Crippen molar-refractivity contribution < 1.29 is 18.0 Å². The van der Waals surface area contributed by atoms with Crippen LogP contribution in [-0.4, -0.2) is 5.78 Å². The molecule has 2 atom stereocenters. The van der Waals surface area contributed by atoms with Crippen molar-refractivity contribution in [2.24, 2.45) is 11.3 Å². The van der Waals surface area contributed by atoms with Crippen molar-refractivity contribution >= 4 is 17.2 Å². The summed E-state index contributed by atoms with van der Waals surface area (Å²) >= 11 is 0. The number of carbonyl (C=O) groups is 1. The summed E-state index contributed by atoms with van der Waals surface area (Å²) < 4.78 is 39.8. The lowest BCUT2D eigenvalue weighted by molar-refractivity contribution is -0.137. The Morgan fingerprint density at radius 1 is 1.04 bits per heavy atom. The van der Waals surface area contributed by atoms with Crippen molar-refractivity contribution in [3.8, 4) is 0 Å². The minimum absolute atomic E-state index is 0.0118. The summed E-state index contributed by atoms with van der Waals surface area (Å²) in [5, 5.41) is 6.67. The first-order valence-electron chi connectivity index (χ1n) is 9.19. The molecule has 6 heteroatoms. The number of carbonyl (C=O) groups excluding carboxylic acids is 1. The molecule has 0 saturated heterocycles. The number of hydrogen-bond donors (Lipinski definition) is 2. The van der Waals surface area contributed by atoms with E-state index >= 15 is 0 Å². The molecule has 1 aliphatic carbocycles. The van der Waals surface area contributed by atoms with Crippen LogP contribution in [0.3, 0.4) is 0 Å². The topological polar surface area (TPSA) is 41.1 Å². The van der Waals surface area contributed by atoms with E-state index in [1.165, 1.54) is 6.07 Å². The molecule has 0 aromatic heterocycles. The first kappa shape index (κ1) is 18.6. The van der Waals surface area contributed by atoms with E-state index in [-0.39, 0.29) is 11.2 Å². The molecule has 2 aromatic rings. The molecule has 1 heterocycles. The molecule has 0 fully saturated rings. The number of rotatable bonds is 1. The molecule has 2 aromatic carbocycles. The zero-order valence-corrected chi connectivity index (χ0v) is 15.6. The lowest BCUT2D eigenvalue weighted by Crippen LogP contribution is -2.36. The number of fused-ring (bicyclic) bond motifs is 2. The first-order chi connectivity index (χ1) is 13.1. The summed E-state index contributed by atoms with van der Waals surface area (Å²) in [6, 6.07) is 12.1. The number of halogens is 3. The summed E-state index contributed by atoms with van der Waals surface area (Å²) in [4.78, 5) is 13.1. The van der Waals surface area contributed by atoms with Crippen molar-refractivity contribution in [2.45, 2.75) is 32.5 Å². The van der Waals surface area contributed by atoms with E-state index in [9.17, 15) is 18.0 Å². The zero-order chi connectivity index (χ0) is 20.1. The highest BCUT2D eigenvalue weighted by Gasteiger charge is 2.42. The zero-order valence-electron chi connectivity index (χ0n) is 15.6. The van der Waals surface area contributed by atoms with Crippen LogP contribution in [0.15, 0.2) is 60.3 Å². The Labute approximate surface area is 161 Å². The minimum atomic E-state index is -4.44. The van der Waals surface area contributed by atoms with Gasteiger partial charge in [-0.2, -0.15) is 13.2 Å². The molecule has 1 aliphatic heterocycles. The van der Waals surface area contributed by atoms with Crippen LogP contribution in [0, 0.1) is 11.3 Å². The number of ketones is 1. The van der Waals surface area contributed by atoms with E-state index in [0.29, 0.717) is 12.0 Å². The number of para-hydroxylation sites is 2. The SMILES string of the molecule is CC1(C)C=C2Nc3ccccc3NC(c3cccc(C(F)(F)F)c3)C2C(=O)C1. The predicted octanol–water partition coefficient (Wildman–Crippen LogP) is 5.78. The van der Waals surface area contributed by atoms with Gasteiger partial charge in [0.25, 0.3) is 0 Å². The van der Waals surface area contributed by atoms with E-state index in [1.807, 2.05) is 44.2 Å². The summed E-state index contributed by atoms with van der Waals surface area (Å²) in [6.07, 6.45) is -2.06. The molecule has 0 amide bonds. The number of nitrogens with one attached hydrogen (secondary N) is 2. The van der Waals surface area contributed by atoms with Gasteiger partial charge < -0.3 is 10.6 Å². The maximum Gasteiger partial charge on any atom is 0.416 e. The fraction of sp³-hybridized carbons (Fsp3) is 0.318. The van der Waals surface area contributed by atoms with Crippen molar-refractivity contribution in [2.75, 3.05) is 10.6 Å². The van der Waals surface area contributed by atoms with Gasteiger partial charge in [-0.3, -0.25) is 4.79 Å². The Morgan fingerprint density at radius 2 is 1.75 bits per heavy atom. The Kier molecular flexibility index (Phi) is 4.25. The molecule has 0 radical (unpaired) electrons. The summed E-state index contributed by atoms with van der Waals surface area (Å²) in [5.41, 5.74) is 1.71. The van der Waals surface area contributed by atoms with Gasteiger partial charge >= 0.3 is 6.18 Å². The maximum atomic E-state index is 13.3. The molecular weight excluding hydrogens is 365 g/mol. The lowest BCUT2D eigenvalue weighted by Gasteiger charge is -2.35. The molecule has 0 bridgehead atoms. The Bertz CT molecular complexity index is 962. The van der Waals surface area contributed by atoms with Gasteiger partial charge in [-0.25, -0.2) is 0 Å². The third-order valence-corrected chi connectivity index (χ3v) is 5.28. The number of hydrogen-bond acceptors (Lipinski definition) is 3. The van der Waals surface area contributed by atoms with E-state index in [4.69, 9.17) is 0 Å². The van der Waals surface area contributed by atoms with Crippen LogP contribution in [0.4, 0.5) is 24.5 Å². The van der Waals surface area contributed by atoms with Gasteiger partial charge in [0.2, 0.25) is 0 Å². The number of alkyl halides is 3. The average molecular weight is 386 g/mol. The second-order valence-corrected chi connectivity index (χ2v) is 8.12. The van der Waals surface area contributed by atoms with Crippen LogP contribution in [0.25, 0.3) is 0 Å². The molecule has 2 aliphatic rings. The first-order valence-corrected chi connectivity index (χ1v) is 9.19. The fourth-order valence-corrected chi connectivity index (χ4v) is 4.08. The van der Waals surface area contributed by atoms with Gasteiger partial charge in [-0.15, -0.1) is 0 Å². The second kappa shape index (κ2) is 6.40. The number of anilines is 2. The van der Waals surface area contributed by atoms with Crippen molar-refractivity contribution in [3.63, 3.8) is 0 Å². The average Bonchev–Trinajstić information content (AvgIpc) is 2.76. The number of benzene rings is 2. The highest BCUT2D eigenvalue weighted by Crippen LogP contribution is 2.45. The molecule has 146 valence electrons. The molecule has 3 nitrogen and oxygen atoms in total. The van der Waals surface area contributed by atoms with Crippen molar-refractivity contribution in [3.05, 3.63) is 71.4 Å². The summed E-state index contributed by atoms with van der Waals surface area (Å²) in [5.74, 6) is -0.568. The third kappa shape index (κ3) is 3.39. The van der Waals surface area contributed by atoms with Gasteiger partial charge in [-0.1, -0.05) is 44.2 Å². The monoisotopic (exact) mass is 386 g/mol. The minimum Gasteiger partial charge on any atom is -0.375 e. The van der Waals surface area contributed by atoms with Gasteiger partial charge in [0.1, 0.15) is 5.78 Å². The van der Waals surface area contributed by atoms with E-state index in [1.54, 1.807) is 6.07 Å². The van der Waals surface area contributed by atoms with E-state index in [0.717, 1.165) is 29.2 Å². The van der Waals surface area contributed by atoms with Crippen LogP contribution in [0.5, 0.6) is 0 Å². The Morgan fingerprint density at radius 3 is 2.46 bits per heavy atom. The normalized spacial score (nSPS) is 23.5. The van der Waals surface area contributed by atoms with Crippen LogP contribution in [-0.2, 0) is 11.0 Å². The predicted molar refractivity (Wildman–Crippen MR) is 103 cm³/mol. The Hall–Kier alpha value is -2.76. The molecule has 28 heavy (non-hydrogen) atoms. The molecule has 0 saturated carbocycles. The summed E-state index contributed by atoms with van der Waals surface area (Å²) in [6.45, 7) is 3.97. The second-order valence-electron chi connectivity index (χ2n) is 8.12. The largest absolute Gasteiger partial charge is 0.416 e. The maximum absolute atomic E-state index is 13.3. The third-order valence-electron chi connectivity index (χ3n) is 5.28. The van der Waals surface area contributed by atoms with Gasteiger partial charge in [0.05, 0.1) is 28.9 Å². The highest BCUT2D eigenvalue weighted by atomic mass is 19.4. The van der Waals surface area contributed by atoms with E-state index < -0.39 is 23.7 Å². The molecule has 2 N–H and O–H groups in total. The standard InChI is InChI=1S/C22H21F3N2O/c1-21(2)11-17-19(18(28)12-21)20(27-16-9-4-3-8-15(16)26-17)13-6-5-7-14(10-13)22(23,24)25/h3-11,19-20,26-27H,12H2,1-2H3. The molecular formula is C22H21F3N2O. The summed E-state index contributed by atoms with van der Waals surface area (Å²) in [7, 11) is 0. The van der Waals surface area contributed by atoms with Crippen molar-refractivity contribution in [1.82, 2.24) is 0 Å². The molecule has 4 rings (SSSR count). The Balaban J connectivity index is 1.87. The highest BCUT2D eigenvalue weighted by molar-refractivity contribution is 5.90. The van der Waals surface area contributed by atoms with Crippen molar-refractivity contribution in [1.29, 1.82) is 0 Å². The quantitative estimate of drug-likeness (QED) is 0.652. The molecule has 0 spiro atoms. The van der Waals surface area contributed by atoms with E-state index in [2.05, 4.69) is 10.6 Å². The molecule has 2 unspecified atom stereocenters. The van der Waals surface area contributed by atoms with Crippen LogP contribution >= 0.6 is 0 Å². The van der Waals surface area contributed by atoms with Gasteiger partial charge in [0.15, 0.2) is 0 Å². The van der Waals surface area contributed by atoms with Crippen LogP contribution < -0.4 is 10.6 Å². The lowest BCUT2D eigenvalue weighted by atomic mass is 9.72. The number of Topliss-reactive ketones (excluding diaryl/α,β-unsaturated/α-hetero) is 1. The van der Waals surface area contributed by atoms with Gasteiger partial charge in [0, 0.05) is 12.1 Å². The number of allylic oxidation sites excluding steroid dienone is 1. The van der Waals surface area contributed by atoms with Crippen LogP contribution in [0.2, 0.25) is 0 Å². The fourth-order valence-electron chi connectivity index (χ4n) is 4.08. The smallest absolute Gasteiger partial charge is 0.375 e.